The fraction of sp³-hybridized carbons (Fsp3) is 0.588. The van der Waals surface area contributed by atoms with Gasteiger partial charge in [-0.05, 0) is 44.0 Å². The van der Waals surface area contributed by atoms with E-state index in [2.05, 4.69) is 10.2 Å². The lowest BCUT2D eigenvalue weighted by atomic mass is 9.86. The number of halogens is 3. The Balaban J connectivity index is 2.07. The summed E-state index contributed by atoms with van der Waals surface area (Å²) in [5.41, 5.74) is -0.672. The number of hydrogen-bond acceptors (Lipinski definition) is 3. The van der Waals surface area contributed by atoms with Gasteiger partial charge in [0, 0.05) is 30.7 Å². The van der Waals surface area contributed by atoms with Crippen molar-refractivity contribution in [3.05, 3.63) is 34.4 Å². The van der Waals surface area contributed by atoms with Gasteiger partial charge in [0.05, 0.1) is 18.3 Å². The summed E-state index contributed by atoms with van der Waals surface area (Å²) in [7, 11) is 0. The van der Waals surface area contributed by atoms with Crippen LogP contribution in [0.5, 0.6) is 0 Å². The highest BCUT2D eigenvalue weighted by atomic mass is 19.4. The van der Waals surface area contributed by atoms with Crippen molar-refractivity contribution >= 4 is 5.91 Å². The molecule has 7 heteroatoms. The van der Waals surface area contributed by atoms with Crippen LogP contribution in [0.25, 0.3) is 0 Å². The van der Waals surface area contributed by atoms with Gasteiger partial charge >= 0.3 is 6.18 Å². The Bertz CT molecular complexity index is 671. The number of carbonyl (C=O) groups is 1. The molecule has 1 aromatic rings. The molecular formula is C17H21F3N2O2. The molecule has 3 rings (SSSR count). The fourth-order valence-corrected chi connectivity index (χ4v) is 3.44. The molecule has 0 spiro atoms. The topological polar surface area (TPSA) is 41.6 Å². The molecule has 1 atom stereocenters. The Kier molecular flexibility index (Phi) is 4.12. The number of nitrogens with one attached hydrogen (secondary N) is 1. The lowest BCUT2D eigenvalue weighted by Gasteiger charge is -2.43. The van der Waals surface area contributed by atoms with Crippen molar-refractivity contribution in [1.82, 2.24) is 10.2 Å². The molecule has 1 unspecified atom stereocenters. The third-order valence-corrected chi connectivity index (χ3v) is 4.96. The van der Waals surface area contributed by atoms with Crippen LogP contribution in [0, 0.1) is 0 Å². The van der Waals surface area contributed by atoms with Gasteiger partial charge in [-0.3, -0.25) is 9.69 Å². The quantitative estimate of drug-likeness (QED) is 0.899. The SMILES string of the molecule is CC1CN(C(C)(C)c2cc3c(c(C(F)(F)F)c2)CNC3=O)CCO1. The van der Waals surface area contributed by atoms with Gasteiger partial charge in [0.15, 0.2) is 0 Å². The minimum Gasteiger partial charge on any atom is -0.376 e. The normalized spacial score (nSPS) is 22.4. The summed E-state index contributed by atoms with van der Waals surface area (Å²) in [5, 5.41) is 2.49. The van der Waals surface area contributed by atoms with E-state index in [1.54, 1.807) is 6.07 Å². The first kappa shape index (κ1) is 17.2. The van der Waals surface area contributed by atoms with E-state index in [1.165, 1.54) is 6.07 Å². The Labute approximate surface area is 139 Å². The summed E-state index contributed by atoms with van der Waals surface area (Å²) < 4.78 is 45.9. The smallest absolute Gasteiger partial charge is 0.376 e. The van der Waals surface area contributed by atoms with Gasteiger partial charge in [0.25, 0.3) is 5.91 Å². The van der Waals surface area contributed by atoms with Crippen LogP contribution in [-0.2, 0) is 23.0 Å². The molecule has 4 nitrogen and oxygen atoms in total. The van der Waals surface area contributed by atoms with E-state index < -0.39 is 23.2 Å². The Morgan fingerprint density at radius 2 is 2.00 bits per heavy atom. The highest BCUT2D eigenvalue weighted by Crippen LogP contribution is 2.39. The molecule has 24 heavy (non-hydrogen) atoms. The van der Waals surface area contributed by atoms with Crippen molar-refractivity contribution in [2.45, 2.75) is 45.1 Å². The van der Waals surface area contributed by atoms with Crippen molar-refractivity contribution < 1.29 is 22.7 Å². The van der Waals surface area contributed by atoms with Crippen molar-refractivity contribution in [2.24, 2.45) is 0 Å². The molecule has 1 amide bonds. The first-order chi connectivity index (χ1) is 11.1. The van der Waals surface area contributed by atoms with Crippen LogP contribution in [0.4, 0.5) is 13.2 Å². The van der Waals surface area contributed by atoms with Gasteiger partial charge in [0.2, 0.25) is 0 Å². The molecule has 0 bridgehead atoms. The Hall–Kier alpha value is -1.60. The number of rotatable bonds is 2. The first-order valence-corrected chi connectivity index (χ1v) is 8.00. The maximum atomic E-state index is 13.5. The molecule has 1 N–H and O–H groups in total. The van der Waals surface area contributed by atoms with Crippen molar-refractivity contribution in [2.75, 3.05) is 19.7 Å². The summed E-state index contributed by atoms with van der Waals surface area (Å²) in [6.07, 6.45) is -4.46. The second kappa shape index (κ2) is 5.74. The van der Waals surface area contributed by atoms with Crippen LogP contribution in [0.2, 0.25) is 0 Å². The summed E-state index contributed by atoms with van der Waals surface area (Å²) in [5.74, 6) is -0.441. The number of amides is 1. The highest BCUT2D eigenvalue weighted by molar-refractivity contribution is 5.99. The molecule has 1 saturated heterocycles. The fourth-order valence-electron chi connectivity index (χ4n) is 3.44. The Morgan fingerprint density at radius 3 is 2.62 bits per heavy atom. The first-order valence-electron chi connectivity index (χ1n) is 8.00. The zero-order valence-electron chi connectivity index (χ0n) is 14.0. The zero-order valence-corrected chi connectivity index (χ0v) is 14.0. The second-order valence-corrected chi connectivity index (χ2v) is 6.92. The highest BCUT2D eigenvalue weighted by Gasteiger charge is 2.40. The molecule has 2 heterocycles. The van der Waals surface area contributed by atoms with E-state index in [-0.39, 0.29) is 23.8 Å². The lowest BCUT2D eigenvalue weighted by Crippen LogP contribution is -2.50. The number of ether oxygens (including phenoxy) is 1. The molecule has 0 saturated carbocycles. The number of hydrogen-bond donors (Lipinski definition) is 1. The van der Waals surface area contributed by atoms with Gasteiger partial charge in [-0.2, -0.15) is 13.2 Å². The predicted octanol–water partition coefficient (Wildman–Crippen LogP) is 2.90. The van der Waals surface area contributed by atoms with Gasteiger partial charge < -0.3 is 10.1 Å². The minimum atomic E-state index is -4.49. The van der Waals surface area contributed by atoms with Crippen LogP contribution in [0.3, 0.4) is 0 Å². The van der Waals surface area contributed by atoms with E-state index in [0.29, 0.717) is 25.3 Å². The molecule has 132 valence electrons. The molecular weight excluding hydrogens is 321 g/mol. The third-order valence-electron chi connectivity index (χ3n) is 4.96. The largest absolute Gasteiger partial charge is 0.416 e. The van der Waals surface area contributed by atoms with Gasteiger partial charge in [-0.1, -0.05) is 0 Å². The van der Waals surface area contributed by atoms with Gasteiger partial charge in [0.1, 0.15) is 0 Å². The zero-order chi connectivity index (χ0) is 17.7. The minimum absolute atomic E-state index is 0.0258. The third kappa shape index (κ3) is 2.91. The van der Waals surface area contributed by atoms with E-state index in [1.807, 2.05) is 20.8 Å². The van der Waals surface area contributed by atoms with Crippen molar-refractivity contribution in [3.63, 3.8) is 0 Å². The van der Waals surface area contributed by atoms with E-state index in [4.69, 9.17) is 4.74 Å². The molecule has 0 aliphatic carbocycles. The van der Waals surface area contributed by atoms with Crippen LogP contribution in [0.1, 0.15) is 47.8 Å². The van der Waals surface area contributed by atoms with Gasteiger partial charge in [-0.25, -0.2) is 0 Å². The molecule has 1 fully saturated rings. The average Bonchev–Trinajstić information content (AvgIpc) is 2.87. The van der Waals surface area contributed by atoms with Crippen LogP contribution >= 0.6 is 0 Å². The maximum absolute atomic E-state index is 13.5. The van der Waals surface area contributed by atoms with Crippen LogP contribution < -0.4 is 5.32 Å². The second-order valence-electron chi connectivity index (χ2n) is 6.92. The van der Waals surface area contributed by atoms with E-state index >= 15 is 0 Å². The number of nitrogens with zero attached hydrogens (tertiary/aromatic N) is 1. The number of fused-ring (bicyclic) bond motifs is 1. The van der Waals surface area contributed by atoms with E-state index in [0.717, 1.165) is 0 Å². The molecule has 2 aliphatic rings. The molecule has 2 aliphatic heterocycles. The molecule has 1 aromatic carbocycles. The summed E-state index contributed by atoms with van der Waals surface area (Å²) in [4.78, 5) is 14.0. The Morgan fingerprint density at radius 1 is 1.29 bits per heavy atom. The average molecular weight is 342 g/mol. The van der Waals surface area contributed by atoms with Crippen molar-refractivity contribution in [3.8, 4) is 0 Å². The lowest BCUT2D eigenvalue weighted by molar-refractivity contribution is -0.138. The van der Waals surface area contributed by atoms with Crippen LogP contribution in [0.15, 0.2) is 12.1 Å². The monoisotopic (exact) mass is 342 g/mol. The van der Waals surface area contributed by atoms with Gasteiger partial charge in [-0.15, -0.1) is 0 Å². The summed E-state index contributed by atoms with van der Waals surface area (Å²) >= 11 is 0. The summed E-state index contributed by atoms with van der Waals surface area (Å²) in [6, 6.07) is 2.80. The molecule has 0 aromatic heterocycles. The van der Waals surface area contributed by atoms with Crippen molar-refractivity contribution in [1.29, 1.82) is 0 Å². The predicted molar refractivity (Wildman–Crippen MR) is 82.6 cm³/mol. The maximum Gasteiger partial charge on any atom is 0.416 e. The molecule has 0 radical (unpaired) electrons. The van der Waals surface area contributed by atoms with E-state index in [9.17, 15) is 18.0 Å². The number of morpholine rings is 1. The number of benzene rings is 1. The number of carbonyl (C=O) groups excluding carboxylic acids is 1. The standard InChI is InChI=1S/C17H21F3N2O2/c1-10-9-22(4-5-24-10)16(2,3)11-6-12-13(8-21-15(12)23)14(7-11)17(18,19)20/h6-7,10H,4-5,8-9H2,1-3H3,(H,21,23). The number of alkyl halides is 3. The summed E-state index contributed by atoms with van der Waals surface area (Å²) in [6.45, 7) is 7.47. The van der Waals surface area contributed by atoms with Crippen LogP contribution in [-0.4, -0.2) is 36.6 Å².